The summed E-state index contributed by atoms with van der Waals surface area (Å²) in [6.45, 7) is 9.23. The van der Waals surface area contributed by atoms with Crippen molar-refractivity contribution in [2.45, 2.75) is 58.2 Å². The van der Waals surface area contributed by atoms with Crippen molar-refractivity contribution in [3.63, 3.8) is 0 Å². The van der Waals surface area contributed by atoms with Crippen LogP contribution in [0.5, 0.6) is 0 Å². The predicted octanol–water partition coefficient (Wildman–Crippen LogP) is 3.66. The van der Waals surface area contributed by atoms with E-state index >= 15 is 0 Å². The Balaban J connectivity index is 1.96. The Morgan fingerprint density at radius 3 is 2.94 bits per heavy atom. The summed E-state index contributed by atoms with van der Waals surface area (Å²) in [5.41, 5.74) is 0. The predicted molar refractivity (Wildman–Crippen MR) is 80.2 cm³/mol. The lowest BCUT2D eigenvalue weighted by Gasteiger charge is -2.27. The highest BCUT2D eigenvalue weighted by Gasteiger charge is 2.29. The van der Waals surface area contributed by atoms with Gasteiger partial charge in [0.25, 0.3) is 0 Å². The number of nitrogens with zero attached hydrogens (tertiary/aromatic N) is 1. The number of rotatable bonds is 6. The standard InChI is InChI=1S/C15H26N2S/c1-4-6-14(15-7-5-10-18-15)17-9-8-13(11-17)16-12(2)3/h5,7,10,12-14,16H,4,6,8-9,11H2,1-3H3. The molecule has 2 rings (SSSR count). The first-order valence-corrected chi connectivity index (χ1v) is 8.12. The molecule has 3 heteroatoms. The summed E-state index contributed by atoms with van der Waals surface area (Å²) in [6.07, 6.45) is 3.85. The van der Waals surface area contributed by atoms with E-state index in [0.29, 0.717) is 18.1 Å². The highest BCUT2D eigenvalue weighted by atomic mass is 32.1. The van der Waals surface area contributed by atoms with Crippen LogP contribution in [0.25, 0.3) is 0 Å². The Bertz CT molecular complexity index is 334. The number of thiophene rings is 1. The Morgan fingerprint density at radius 1 is 1.50 bits per heavy atom. The largest absolute Gasteiger partial charge is 0.310 e. The monoisotopic (exact) mass is 266 g/mol. The van der Waals surface area contributed by atoms with Crippen molar-refractivity contribution in [1.82, 2.24) is 10.2 Å². The van der Waals surface area contributed by atoms with Crippen LogP contribution in [0.1, 0.15) is 51.0 Å². The van der Waals surface area contributed by atoms with E-state index in [0.717, 1.165) is 0 Å². The van der Waals surface area contributed by atoms with Crippen LogP contribution in [0, 0.1) is 0 Å². The SMILES string of the molecule is CCCC(c1cccs1)N1CCC(NC(C)C)C1. The summed E-state index contributed by atoms with van der Waals surface area (Å²) in [4.78, 5) is 4.22. The van der Waals surface area contributed by atoms with Crippen molar-refractivity contribution in [1.29, 1.82) is 0 Å². The second-order valence-corrected chi connectivity index (χ2v) is 6.60. The van der Waals surface area contributed by atoms with E-state index in [-0.39, 0.29) is 0 Å². The van der Waals surface area contributed by atoms with E-state index in [1.54, 1.807) is 4.88 Å². The minimum atomic E-state index is 0.598. The summed E-state index contributed by atoms with van der Waals surface area (Å²) < 4.78 is 0. The lowest BCUT2D eigenvalue weighted by atomic mass is 10.1. The van der Waals surface area contributed by atoms with Crippen LogP contribution in [0.15, 0.2) is 17.5 Å². The third-order valence-corrected chi connectivity index (χ3v) is 4.64. The molecule has 0 radical (unpaired) electrons. The first-order chi connectivity index (χ1) is 8.70. The van der Waals surface area contributed by atoms with Gasteiger partial charge in [0.15, 0.2) is 0 Å². The molecule has 0 amide bonds. The Kier molecular flexibility index (Phi) is 5.22. The maximum atomic E-state index is 3.68. The molecule has 1 aliphatic heterocycles. The fraction of sp³-hybridized carbons (Fsp3) is 0.733. The molecule has 2 unspecified atom stereocenters. The summed E-state index contributed by atoms with van der Waals surface area (Å²) in [5, 5.41) is 5.88. The van der Waals surface area contributed by atoms with Gasteiger partial charge in [0.05, 0.1) is 0 Å². The summed E-state index contributed by atoms with van der Waals surface area (Å²) >= 11 is 1.91. The van der Waals surface area contributed by atoms with Gasteiger partial charge in [-0.15, -0.1) is 11.3 Å². The second kappa shape index (κ2) is 6.69. The molecule has 1 N–H and O–H groups in total. The lowest BCUT2D eigenvalue weighted by Crippen LogP contribution is -2.37. The molecule has 1 saturated heterocycles. The minimum Gasteiger partial charge on any atom is -0.310 e. The third-order valence-electron chi connectivity index (χ3n) is 3.66. The van der Waals surface area contributed by atoms with Crippen molar-refractivity contribution in [2.75, 3.05) is 13.1 Å². The molecule has 1 aromatic rings. The molecule has 18 heavy (non-hydrogen) atoms. The third kappa shape index (κ3) is 3.56. The van der Waals surface area contributed by atoms with Gasteiger partial charge in [0.1, 0.15) is 0 Å². The first kappa shape index (κ1) is 14.0. The average molecular weight is 266 g/mol. The molecule has 0 aromatic carbocycles. The number of nitrogens with one attached hydrogen (secondary N) is 1. The van der Waals surface area contributed by atoms with Gasteiger partial charge in [-0.1, -0.05) is 33.3 Å². The first-order valence-electron chi connectivity index (χ1n) is 7.24. The van der Waals surface area contributed by atoms with E-state index in [1.807, 2.05) is 11.3 Å². The molecule has 2 nitrogen and oxygen atoms in total. The lowest BCUT2D eigenvalue weighted by molar-refractivity contribution is 0.228. The highest BCUT2D eigenvalue weighted by molar-refractivity contribution is 7.10. The zero-order chi connectivity index (χ0) is 13.0. The van der Waals surface area contributed by atoms with Gasteiger partial charge in [-0.25, -0.2) is 0 Å². The van der Waals surface area contributed by atoms with Crippen LogP contribution in [0.4, 0.5) is 0 Å². The van der Waals surface area contributed by atoms with Crippen molar-refractivity contribution in [2.24, 2.45) is 0 Å². The number of hydrogen-bond donors (Lipinski definition) is 1. The van der Waals surface area contributed by atoms with E-state index in [1.165, 1.54) is 32.4 Å². The van der Waals surface area contributed by atoms with Gasteiger partial charge in [-0.05, 0) is 24.3 Å². The van der Waals surface area contributed by atoms with Crippen LogP contribution < -0.4 is 5.32 Å². The van der Waals surface area contributed by atoms with E-state index in [4.69, 9.17) is 0 Å². The van der Waals surface area contributed by atoms with Crippen molar-refractivity contribution >= 4 is 11.3 Å². The van der Waals surface area contributed by atoms with Gasteiger partial charge >= 0.3 is 0 Å². The molecule has 2 atom stereocenters. The van der Waals surface area contributed by atoms with Gasteiger partial charge in [0.2, 0.25) is 0 Å². The maximum Gasteiger partial charge on any atom is 0.0442 e. The number of hydrogen-bond acceptors (Lipinski definition) is 3. The second-order valence-electron chi connectivity index (χ2n) is 5.62. The summed E-state index contributed by atoms with van der Waals surface area (Å²) in [6, 6.07) is 6.41. The smallest absolute Gasteiger partial charge is 0.0442 e. The van der Waals surface area contributed by atoms with Gasteiger partial charge in [-0.3, -0.25) is 4.90 Å². The fourth-order valence-electron chi connectivity index (χ4n) is 2.94. The topological polar surface area (TPSA) is 15.3 Å². The molecular weight excluding hydrogens is 240 g/mol. The normalized spacial score (nSPS) is 22.8. The summed E-state index contributed by atoms with van der Waals surface area (Å²) in [7, 11) is 0. The molecular formula is C15H26N2S. The Morgan fingerprint density at radius 2 is 2.33 bits per heavy atom. The van der Waals surface area contributed by atoms with Gasteiger partial charge in [0, 0.05) is 36.1 Å². The fourth-order valence-corrected chi connectivity index (χ4v) is 3.83. The Hall–Kier alpha value is -0.380. The minimum absolute atomic E-state index is 0.598. The van der Waals surface area contributed by atoms with Crippen LogP contribution in [0.3, 0.4) is 0 Å². The van der Waals surface area contributed by atoms with Crippen LogP contribution in [-0.2, 0) is 0 Å². The Labute approximate surface area is 115 Å². The van der Waals surface area contributed by atoms with E-state index in [2.05, 4.69) is 48.5 Å². The number of likely N-dealkylation sites (tertiary alicyclic amines) is 1. The molecule has 1 aliphatic rings. The van der Waals surface area contributed by atoms with Crippen LogP contribution in [0.2, 0.25) is 0 Å². The van der Waals surface area contributed by atoms with Gasteiger partial charge < -0.3 is 5.32 Å². The molecule has 0 bridgehead atoms. The molecule has 0 spiro atoms. The molecule has 102 valence electrons. The zero-order valence-corrected chi connectivity index (χ0v) is 12.7. The maximum absolute atomic E-state index is 3.68. The molecule has 1 aromatic heterocycles. The van der Waals surface area contributed by atoms with Crippen LogP contribution >= 0.6 is 11.3 Å². The van der Waals surface area contributed by atoms with Crippen molar-refractivity contribution in [3.8, 4) is 0 Å². The molecule has 0 aliphatic carbocycles. The van der Waals surface area contributed by atoms with Crippen molar-refractivity contribution < 1.29 is 0 Å². The molecule has 1 fully saturated rings. The molecule has 0 saturated carbocycles. The van der Waals surface area contributed by atoms with Crippen molar-refractivity contribution in [3.05, 3.63) is 22.4 Å². The van der Waals surface area contributed by atoms with E-state index < -0.39 is 0 Å². The van der Waals surface area contributed by atoms with Crippen LogP contribution in [-0.4, -0.2) is 30.1 Å². The summed E-state index contributed by atoms with van der Waals surface area (Å²) in [5.74, 6) is 0. The van der Waals surface area contributed by atoms with Gasteiger partial charge in [-0.2, -0.15) is 0 Å². The molecule has 2 heterocycles. The highest BCUT2D eigenvalue weighted by Crippen LogP contribution is 2.31. The quantitative estimate of drug-likeness (QED) is 0.845. The average Bonchev–Trinajstić information content (AvgIpc) is 2.96. The van der Waals surface area contributed by atoms with E-state index in [9.17, 15) is 0 Å². The zero-order valence-electron chi connectivity index (χ0n) is 11.9.